The summed E-state index contributed by atoms with van der Waals surface area (Å²) < 4.78 is 10.5. The van der Waals surface area contributed by atoms with Crippen LogP contribution >= 0.6 is 11.8 Å². The number of rotatable bonds is 17. The number of unbranched alkanes of at least 4 members (excludes halogenated alkanes) is 4. The van der Waals surface area contributed by atoms with Gasteiger partial charge in [0.2, 0.25) is 0 Å². The van der Waals surface area contributed by atoms with E-state index < -0.39 is 0 Å². The van der Waals surface area contributed by atoms with Crippen LogP contribution in [-0.2, 0) is 31.9 Å². The second-order valence-electron chi connectivity index (χ2n) is 9.32. The molecule has 1 rings (SSSR count). The van der Waals surface area contributed by atoms with E-state index in [9.17, 15) is 9.59 Å². The number of benzene rings is 1. The first kappa shape index (κ1) is 29.5. The summed E-state index contributed by atoms with van der Waals surface area (Å²) in [6.45, 7) is 12.1. The number of carbonyl (C=O) groups is 2. The van der Waals surface area contributed by atoms with Crippen LogP contribution in [0.2, 0.25) is 0 Å². The van der Waals surface area contributed by atoms with Crippen LogP contribution < -0.4 is 5.32 Å². The Morgan fingerprint density at radius 1 is 0.939 bits per heavy atom. The van der Waals surface area contributed by atoms with Crippen molar-refractivity contribution in [2.24, 2.45) is 0 Å². The van der Waals surface area contributed by atoms with Gasteiger partial charge in [-0.2, -0.15) is 0 Å². The maximum atomic E-state index is 12.1. The fraction of sp³-hybridized carbons (Fsp3) is 0.704. The second-order valence-corrected chi connectivity index (χ2v) is 10.8. The Kier molecular flexibility index (Phi) is 15.2. The molecule has 0 aliphatic rings. The number of ether oxygens (including phenoxy) is 2. The van der Waals surface area contributed by atoms with Crippen molar-refractivity contribution in [3.8, 4) is 0 Å². The molecule has 0 aromatic heterocycles. The third-order valence-corrected chi connectivity index (χ3v) is 6.20. The van der Waals surface area contributed by atoms with E-state index in [0.29, 0.717) is 19.4 Å². The quantitative estimate of drug-likeness (QED) is 0.227. The number of hydrogen-bond donors (Lipinski definition) is 1. The summed E-state index contributed by atoms with van der Waals surface area (Å²) in [4.78, 5) is 23.8. The van der Waals surface area contributed by atoms with Crippen molar-refractivity contribution >= 4 is 23.7 Å². The molecule has 0 saturated carbocycles. The van der Waals surface area contributed by atoms with Crippen LogP contribution in [0, 0.1) is 0 Å². The van der Waals surface area contributed by atoms with Crippen LogP contribution in [0.15, 0.2) is 24.3 Å². The molecule has 0 fully saturated rings. The summed E-state index contributed by atoms with van der Waals surface area (Å²) >= 11 is 1.65. The zero-order valence-electron chi connectivity index (χ0n) is 21.4. The van der Waals surface area contributed by atoms with E-state index in [1.807, 2.05) is 27.7 Å². The van der Waals surface area contributed by atoms with Gasteiger partial charge in [-0.3, -0.25) is 9.59 Å². The Hall–Kier alpha value is -1.53. The van der Waals surface area contributed by atoms with Crippen LogP contribution in [0.4, 0.5) is 0 Å². The second kappa shape index (κ2) is 17.0. The minimum absolute atomic E-state index is 0.0872. The number of nitrogens with one attached hydrogen (secondary N) is 1. The van der Waals surface area contributed by atoms with Crippen molar-refractivity contribution in [1.29, 1.82) is 0 Å². The zero-order chi connectivity index (χ0) is 24.5. The Morgan fingerprint density at radius 2 is 1.58 bits per heavy atom. The maximum absolute atomic E-state index is 12.1. The maximum Gasteiger partial charge on any atom is 0.319 e. The van der Waals surface area contributed by atoms with Gasteiger partial charge >= 0.3 is 11.9 Å². The van der Waals surface area contributed by atoms with Crippen LogP contribution in [0.3, 0.4) is 0 Å². The highest BCUT2D eigenvalue weighted by Gasteiger charge is 2.20. The SMILES string of the molecule is CCOC(=O)C(Cc1ccc(CCNCCCCCCCC(=O)OC(C)(C)C)cc1)SCC. The first-order valence-corrected chi connectivity index (χ1v) is 13.6. The van der Waals surface area contributed by atoms with Crippen molar-refractivity contribution in [1.82, 2.24) is 5.32 Å². The van der Waals surface area contributed by atoms with Crippen LogP contribution in [-0.4, -0.2) is 48.2 Å². The Balaban J connectivity index is 2.12. The van der Waals surface area contributed by atoms with Gasteiger partial charge in [0, 0.05) is 6.42 Å². The highest BCUT2D eigenvalue weighted by atomic mass is 32.2. The van der Waals surface area contributed by atoms with Gasteiger partial charge in [-0.15, -0.1) is 11.8 Å². The molecule has 0 spiro atoms. The normalized spacial score (nSPS) is 12.4. The summed E-state index contributed by atoms with van der Waals surface area (Å²) in [7, 11) is 0. The topological polar surface area (TPSA) is 64.6 Å². The Labute approximate surface area is 205 Å². The van der Waals surface area contributed by atoms with E-state index in [0.717, 1.165) is 50.9 Å². The lowest BCUT2D eigenvalue weighted by atomic mass is 10.1. The molecule has 1 unspecified atom stereocenters. The van der Waals surface area contributed by atoms with Crippen molar-refractivity contribution in [3.63, 3.8) is 0 Å². The molecule has 6 heteroatoms. The summed E-state index contributed by atoms with van der Waals surface area (Å²) in [5.41, 5.74) is 2.10. The van der Waals surface area contributed by atoms with Gasteiger partial charge in [-0.1, -0.05) is 50.5 Å². The third kappa shape index (κ3) is 15.1. The van der Waals surface area contributed by atoms with Crippen molar-refractivity contribution in [2.75, 3.05) is 25.4 Å². The van der Waals surface area contributed by atoms with E-state index in [1.54, 1.807) is 11.8 Å². The molecule has 0 aliphatic heterocycles. The lowest BCUT2D eigenvalue weighted by molar-refractivity contribution is -0.155. The summed E-state index contributed by atoms with van der Waals surface area (Å²) in [6, 6.07) is 8.60. The lowest BCUT2D eigenvalue weighted by Gasteiger charge is -2.19. The van der Waals surface area contributed by atoms with E-state index in [2.05, 4.69) is 36.5 Å². The average Bonchev–Trinajstić information content (AvgIpc) is 2.74. The number of carbonyl (C=O) groups excluding carboxylic acids is 2. The van der Waals surface area contributed by atoms with Gasteiger partial charge in [0.05, 0.1) is 6.61 Å². The molecule has 1 atom stereocenters. The average molecular weight is 480 g/mol. The molecule has 0 radical (unpaired) electrons. The molecule has 33 heavy (non-hydrogen) atoms. The molecule has 0 aliphatic carbocycles. The molecule has 1 aromatic rings. The van der Waals surface area contributed by atoms with E-state index in [-0.39, 0.29) is 22.8 Å². The molecule has 0 bridgehead atoms. The van der Waals surface area contributed by atoms with Crippen molar-refractivity contribution < 1.29 is 19.1 Å². The molecular weight excluding hydrogens is 434 g/mol. The van der Waals surface area contributed by atoms with E-state index >= 15 is 0 Å². The Morgan fingerprint density at radius 3 is 2.21 bits per heavy atom. The minimum atomic E-state index is -0.383. The van der Waals surface area contributed by atoms with Gasteiger partial charge in [-0.25, -0.2) is 0 Å². The molecule has 5 nitrogen and oxygen atoms in total. The number of esters is 2. The third-order valence-electron chi connectivity index (χ3n) is 5.11. The van der Waals surface area contributed by atoms with E-state index in [1.165, 1.54) is 17.5 Å². The summed E-state index contributed by atoms with van der Waals surface area (Å²) in [6.07, 6.45) is 7.75. The summed E-state index contributed by atoms with van der Waals surface area (Å²) in [5.74, 6) is 0.704. The molecular formula is C27H45NO4S. The summed E-state index contributed by atoms with van der Waals surface area (Å²) in [5, 5.41) is 3.40. The fourth-order valence-electron chi connectivity index (χ4n) is 3.50. The van der Waals surface area contributed by atoms with Crippen molar-refractivity contribution in [3.05, 3.63) is 35.4 Å². The van der Waals surface area contributed by atoms with E-state index in [4.69, 9.17) is 9.47 Å². The number of hydrogen-bond acceptors (Lipinski definition) is 6. The molecule has 1 aromatic carbocycles. The predicted octanol–water partition coefficient (Wildman–Crippen LogP) is 5.73. The van der Waals surface area contributed by atoms with Gasteiger partial charge in [0.15, 0.2) is 0 Å². The molecule has 0 amide bonds. The largest absolute Gasteiger partial charge is 0.465 e. The van der Waals surface area contributed by atoms with Crippen LogP contribution in [0.25, 0.3) is 0 Å². The predicted molar refractivity (Wildman–Crippen MR) is 139 cm³/mol. The molecule has 188 valence electrons. The van der Waals surface area contributed by atoms with Crippen molar-refractivity contribution in [2.45, 2.75) is 96.8 Å². The van der Waals surface area contributed by atoms with Crippen LogP contribution in [0.5, 0.6) is 0 Å². The monoisotopic (exact) mass is 479 g/mol. The van der Waals surface area contributed by atoms with Gasteiger partial charge in [0.25, 0.3) is 0 Å². The zero-order valence-corrected chi connectivity index (χ0v) is 22.2. The Bertz CT molecular complexity index is 670. The highest BCUT2D eigenvalue weighted by Crippen LogP contribution is 2.19. The lowest BCUT2D eigenvalue weighted by Crippen LogP contribution is -2.23. The molecule has 1 N–H and O–H groups in total. The first-order chi connectivity index (χ1) is 15.7. The van der Waals surface area contributed by atoms with Crippen LogP contribution in [0.1, 0.15) is 84.3 Å². The standard InChI is InChI=1S/C27H45NO4S/c1-6-31-26(30)24(33-7-2)21-23-16-14-22(15-17-23)18-20-28-19-12-10-8-9-11-13-25(29)32-27(3,4)5/h14-17,24,28H,6-13,18-21H2,1-5H3. The van der Waals surface area contributed by atoms with Gasteiger partial charge < -0.3 is 14.8 Å². The fourth-order valence-corrected chi connectivity index (χ4v) is 4.42. The first-order valence-electron chi connectivity index (χ1n) is 12.5. The smallest absolute Gasteiger partial charge is 0.319 e. The minimum Gasteiger partial charge on any atom is -0.465 e. The molecule has 0 heterocycles. The number of thioether (sulfide) groups is 1. The molecule has 0 saturated heterocycles. The van der Waals surface area contributed by atoms with Gasteiger partial charge in [0.1, 0.15) is 10.9 Å². The highest BCUT2D eigenvalue weighted by molar-refractivity contribution is 8.00. The van der Waals surface area contributed by atoms with Gasteiger partial charge in [-0.05, 0) is 83.3 Å².